The van der Waals surface area contributed by atoms with Gasteiger partial charge in [0.2, 0.25) is 0 Å². The monoisotopic (exact) mass is 498 g/mol. The predicted molar refractivity (Wildman–Crippen MR) is 156 cm³/mol. The first-order valence-electron chi connectivity index (χ1n) is 15.8. The van der Waals surface area contributed by atoms with Gasteiger partial charge in [-0.05, 0) is 12.1 Å². The van der Waals surface area contributed by atoms with Gasteiger partial charge in [-0.1, -0.05) is 174 Å². The largest absolute Gasteiger partial charge is 0.398 e. The van der Waals surface area contributed by atoms with Crippen molar-refractivity contribution in [2.75, 3.05) is 14.2 Å². The molecule has 206 valence electrons. The van der Waals surface area contributed by atoms with E-state index in [9.17, 15) is 0 Å². The van der Waals surface area contributed by atoms with Crippen molar-refractivity contribution >= 4 is 8.56 Å². The molecular weight excluding hydrogens is 432 g/mol. The minimum Gasteiger partial charge on any atom is -0.398 e. The van der Waals surface area contributed by atoms with Gasteiger partial charge in [0.25, 0.3) is 0 Å². The van der Waals surface area contributed by atoms with Crippen molar-refractivity contribution in [1.29, 1.82) is 0 Å². The molecule has 0 fully saturated rings. The smallest absolute Gasteiger partial charge is 0.337 e. The van der Waals surface area contributed by atoms with Crippen molar-refractivity contribution in [1.82, 2.24) is 0 Å². The Morgan fingerprint density at radius 2 is 0.529 bits per heavy atom. The van der Waals surface area contributed by atoms with Crippen LogP contribution < -0.4 is 0 Å². The molecule has 0 rings (SSSR count). The normalized spacial score (nSPS) is 12.0. The van der Waals surface area contributed by atoms with E-state index in [0.29, 0.717) is 0 Å². The summed E-state index contributed by atoms with van der Waals surface area (Å²) in [5.41, 5.74) is 0. The van der Waals surface area contributed by atoms with Crippen LogP contribution in [0.15, 0.2) is 0 Å². The molecular formula is C31H66O2Si. The van der Waals surface area contributed by atoms with Gasteiger partial charge in [-0.25, -0.2) is 0 Å². The van der Waals surface area contributed by atoms with Crippen LogP contribution in [0.5, 0.6) is 0 Å². The first-order chi connectivity index (χ1) is 16.7. The molecule has 34 heavy (non-hydrogen) atoms. The molecule has 0 aliphatic carbocycles. The molecule has 0 bridgehead atoms. The molecule has 0 aliphatic heterocycles. The lowest BCUT2D eigenvalue weighted by Crippen LogP contribution is -2.39. The van der Waals surface area contributed by atoms with Crippen molar-refractivity contribution in [3.8, 4) is 0 Å². The Kier molecular flexibility index (Phi) is 27.8. The Labute approximate surface area is 218 Å². The van der Waals surface area contributed by atoms with Gasteiger partial charge in [0.1, 0.15) is 0 Å². The Morgan fingerprint density at radius 1 is 0.324 bits per heavy atom. The molecule has 0 aromatic rings. The minimum absolute atomic E-state index is 1.19. The lowest BCUT2D eigenvalue weighted by atomic mass is 10.0. The van der Waals surface area contributed by atoms with Crippen molar-refractivity contribution in [3.05, 3.63) is 0 Å². The van der Waals surface area contributed by atoms with Crippen LogP contribution in [0.1, 0.15) is 174 Å². The standard InChI is InChI=1S/C31H66O2Si/c1-5-7-9-11-13-15-16-17-18-19-20-21-23-25-27-29-31-34(32-3,33-4)30-28-26-24-22-14-12-10-8-6-2/h5-31H2,1-4H3. The molecule has 0 unspecified atom stereocenters. The summed E-state index contributed by atoms with van der Waals surface area (Å²) in [4.78, 5) is 0. The quantitative estimate of drug-likeness (QED) is 0.0753. The first kappa shape index (κ1) is 34.1. The first-order valence-corrected chi connectivity index (χ1v) is 18.1. The Bertz CT molecular complexity index is 370. The van der Waals surface area contributed by atoms with Crippen LogP contribution >= 0.6 is 0 Å². The second kappa shape index (κ2) is 27.7. The van der Waals surface area contributed by atoms with E-state index in [1.54, 1.807) is 0 Å². The van der Waals surface area contributed by atoms with Gasteiger partial charge in [0.05, 0.1) is 0 Å². The lowest BCUT2D eigenvalue weighted by molar-refractivity contribution is 0.238. The lowest BCUT2D eigenvalue weighted by Gasteiger charge is -2.27. The van der Waals surface area contributed by atoms with E-state index in [4.69, 9.17) is 8.85 Å². The average molecular weight is 499 g/mol. The van der Waals surface area contributed by atoms with E-state index in [0.717, 1.165) is 0 Å². The Morgan fingerprint density at radius 3 is 0.735 bits per heavy atom. The van der Waals surface area contributed by atoms with Gasteiger partial charge in [-0.3, -0.25) is 0 Å². The van der Waals surface area contributed by atoms with Crippen LogP contribution in [0.25, 0.3) is 0 Å². The van der Waals surface area contributed by atoms with Gasteiger partial charge >= 0.3 is 8.56 Å². The van der Waals surface area contributed by atoms with Crippen LogP contribution in [-0.4, -0.2) is 22.8 Å². The molecule has 0 radical (unpaired) electrons. The van der Waals surface area contributed by atoms with Gasteiger partial charge in [-0.2, -0.15) is 0 Å². The van der Waals surface area contributed by atoms with Crippen molar-refractivity contribution < 1.29 is 8.85 Å². The molecule has 0 heterocycles. The van der Waals surface area contributed by atoms with Crippen molar-refractivity contribution in [3.63, 3.8) is 0 Å². The summed E-state index contributed by atoms with van der Waals surface area (Å²) in [6.45, 7) is 4.59. The Balaban J connectivity index is 3.52. The molecule has 0 aromatic heterocycles. The third-order valence-electron chi connectivity index (χ3n) is 7.82. The van der Waals surface area contributed by atoms with Crippen LogP contribution in [0.2, 0.25) is 12.1 Å². The highest BCUT2D eigenvalue weighted by molar-refractivity contribution is 6.67. The molecule has 0 aromatic carbocycles. The summed E-state index contributed by atoms with van der Waals surface area (Å²) in [6.07, 6.45) is 35.4. The summed E-state index contributed by atoms with van der Waals surface area (Å²) in [5.74, 6) is 0. The third kappa shape index (κ3) is 22.6. The zero-order chi connectivity index (χ0) is 25.0. The summed E-state index contributed by atoms with van der Waals surface area (Å²) in [5, 5.41) is 0. The maximum atomic E-state index is 6.00. The summed E-state index contributed by atoms with van der Waals surface area (Å²) >= 11 is 0. The highest BCUT2D eigenvalue weighted by atomic mass is 28.4. The zero-order valence-corrected chi connectivity index (χ0v) is 25.4. The van der Waals surface area contributed by atoms with E-state index in [2.05, 4.69) is 13.8 Å². The number of unbranched alkanes of at least 4 members (excludes halogenated alkanes) is 23. The predicted octanol–water partition coefficient (Wildman–Crippen LogP) is 11.5. The number of hydrogen-bond acceptors (Lipinski definition) is 2. The van der Waals surface area contributed by atoms with Crippen LogP contribution in [0.3, 0.4) is 0 Å². The summed E-state index contributed by atoms with van der Waals surface area (Å²) in [6, 6.07) is 2.38. The molecule has 0 spiro atoms. The molecule has 2 nitrogen and oxygen atoms in total. The number of hydrogen-bond donors (Lipinski definition) is 0. The van der Waals surface area contributed by atoms with E-state index in [1.165, 1.54) is 173 Å². The highest BCUT2D eigenvalue weighted by Crippen LogP contribution is 2.25. The van der Waals surface area contributed by atoms with Crippen molar-refractivity contribution in [2.45, 2.75) is 186 Å². The van der Waals surface area contributed by atoms with Crippen LogP contribution in [0, 0.1) is 0 Å². The van der Waals surface area contributed by atoms with Gasteiger partial charge in [0, 0.05) is 14.2 Å². The Hall–Kier alpha value is 0.137. The molecule has 3 heteroatoms. The highest BCUT2D eigenvalue weighted by Gasteiger charge is 2.33. The maximum Gasteiger partial charge on any atom is 0.337 e. The van der Waals surface area contributed by atoms with E-state index < -0.39 is 8.56 Å². The fraction of sp³-hybridized carbons (Fsp3) is 1.00. The molecule has 0 N–H and O–H groups in total. The third-order valence-corrected chi connectivity index (χ3v) is 11.5. The fourth-order valence-electron chi connectivity index (χ4n) is 5.26. The van der Waals surface area contributed by atoms with Gasteiger partial charge in [-0.15, -0.1) is 0 Å². The number of rotatable bonds is 29. The molecule has 0 saturated heterocycles. The zero-order valence-electron chi connectivity index (χ0n) is 24.4. The SMILES string of the molecule is CCCCCCCCCCCCCCCCCC[Si](CCCCCCCCCCC)(OC)OC. The summed E-state index contributed by atoms with van der Waals surface area (Å²) in [7, 11) is 1.86. The van der Waals surface area contributed by atoms with Crippen LogP contribution in [0.4, 0.5) is 0 Å². The second-order valence-electron chi connectivity index (χ2n) is 11.0. The van der Waals surface area contributed by atoms with E-state index in [-0.39, 0.29) is 0 Å². The van der Waals surface area contributed by atoms with E-state index in [1.807, 2.05) is 14.2 Å². The van der Waals surface area contributed by atoms with Gasteiger partial charge < -0.3 is 8.85 Å². The molecule has 0 aliphatic rings. The average Bonchev–Trinajstić information content (AvgIpc) is 2.86. The minimum atomic E-state index is -1.94. The summed E-state index contributed by atoms with van der Waals surface area (Å²) < 4.78 is 12.0. The van der Waals surface area contributed by atoms with E-state index >= 15 is 0 Å². The fourth-order valence-corrected chi connectivity index (χ4v) is 8.07. The second-order valence-corrected chi connectivity index (χ2v) is 14.6. The maximum absolute atomic E-state index is 6.00. The van der Waals surface area contributed by atoms with Crippen molar-refractivity contribution in [2.24, 2.45) is 0 Å². The molecule has 0 amide bonds. The molecule has 0 saturated carbocycles. The van der Waals surface area contributed by atoms with Crippen LogP contribution in [-0.2, 0) is 8.85 Å². The van der Waals surface area contributed by atoms with Gasteiger partial charge in [0.15, 0.2) is 0 Å². The molecule has 0 atom stereocenters. The topological polar surface area (TPSA) is 18.5 Å².